The molecule has 0 N–H and O–H groups in total. The van der Waals surface area contributed by atoms with Crippen molar-refractivity contribution in [1.82, 2.24) is 0 Å². The average Bonchev–Trinajstić information content (AvgIpc) is 0.846. The molecule has 5 heteroatoms. The van der Waals surface area contributed by atoms with E-state index in [9.17, 15) is 0 Å². The van der Waals surface area contributed by atoms with Crippen LogP contribution in [-0.2, 0) is 35.2 Å². The van der Waals surface area contributed by atoms with Crippen LogP contribution in [0.25, 0.3) is 101 Å². The molecule has 0 fully saturated rings. The first kappa shape index (κ1) is 69.6. The highest BCUT2D eigenvalue weighted by atomic mass is 15.0. The summed E-state index contributed by atoms with van der Waals surface area (Å²) in [5, 5.41) is 0. The van der Waals surface area contributed by atoms with Gasteiger partial charge in [0, 0.05) is 93.9 Å². The molecule has 0 atom stereocenters. The van der Waals surface area contributed by atoms with Crippen LogP contribution in [0, 0.1) is 62.3 Å². The molecule has 14 rings (SSSR count). The molecular formula is C93H94N5+5. The number of benzene rings is 9. The van der Waals surface area contributed by atoms with Gasteiger partial charge in [0.15, 0.2) is 30.5 Å². The van der Waals surface area contributed by atoms with Crippen molar-refractivity contribution < 1.29 is 22.8 Å². The number of rotatable bonds is 9. The molecule has 5 aromatic heterocycles. The Bertz CT molecular complexity index is 4990. The summed E-state index contributed by atoms with van der Waals surface area (Å²) in [6.45, 7) is 19.4. The van der Waals surface area contributed by atoms with Crippen molar-refractivity contribution >= 4 is 0 Å². The fourth-order valence-corrected chi connectivity index (χ4v) is 12.5. The highest BCUT2D eigenvalue weighted by Crippen LogP contribution is 2.31. The van der Waals surface area contributed by atoms with Crippen molar-refractivity contribution in [2.75, 3.05) is 0 Å². The van der Waals surface area contributed by atoms with Gasteiger partial charge in [-0.1, -0.05) is 212 Å². The highest BCUT2D eigenvalue weighted by molar-refractivity contribution is 5.73. The zero-order valence-corrected chi connectivity index (χ0v) is 59.8. The molecule has 5 nitrogen and oxygen atoms in total. The van der Waals surface area contributed by atoms with Crippen LogP contribution in [0.4, 0.5) is 0 Å². The van der Waals surface area contributed by atoms with Crippen LogP contribution in [0.5, 0.6) is 0 Å². The van der Waals surface area contributed by atoms with Gasteiger partial charge >= 0.3 is 0 Å². The Morgan fingerprint density at radius 1 is 0.194 bits per heavy atom. The zero-order chi connectivity index (χ0) is 69.2. The van der Waals surface area contributed by atoms with E-state index in [0.717, 1.165) is 0 Å². The van der Waals surface area contributed by atoms with Gasteiger partial charge in [-0.2, -0.15) is 4.57 Å². The van der Waals surface area contributed by atoms with E-state index in [-0.39, 0.29) is 0 Å². The summed E-state index contributed by atoms with van der Waals surface area (Å²) in [7, 11) is 10.5. The van der Waals surface area contributed by atoms with Gasteiger partial charge in [-0.25, -0.2) is 18.3 Å². The molecule has 0 aliphatic carbocycles. The summed E-state index contributed by atoms with van der Waals surface area (Å²) in [5.41, 5.74) is 34.6. The van der Waals surface area contributed by atoms with E-state index in [1.54, 1.807) is 0 Å². The predicted molar refractivity (Wildman–Crippen MR) is 410 cm³/mol. The molecule has 0 saturated carbocycles. The Kier molecular flexibility index (Phi) is 23.4. The van der Waals surface area contributed by atoms with E-state index in [1.165, 1.54) is 151 Å². The minimum Gasteiger partial charge on any atom is -0.201 e. The molecule has 0 aliphatic heterocycles. The van der Waals surface area contributed by atoms with Crippen molar-refractivity contribution in [3.05, 3.63) is 366 Å². The van der Waals surface area contributed by atoms with Crippen LogP contribution >= 0.6 is 0 Å². The van der Waals surface area contributed by atoms with Gasteiger partial charge in [0.05, 0.1) is 0 Å². The summed E-state index contributed by atoms with van der Waals surface area (Å²) >= 11 is 0. The van der Waals surface area contributed by atoms with Crippen LogP contribution in [0.2, 0.25) is 0 Å². The monoisotopic (exact) mass is 1280 g/mol. The maximum Gasteiger partial charge on any atom is 0.213 e. The van der Waals surface area contributed by atoms with Crippen LogP contribution in [0.15, 0.2) is 316 Å². The van der Waals surface area contributed by atoms with E-state index < -0.39 is 0 Å². The summed E-state index contributed by atoms with van der Waals surface area (Å²) < 4.78 is 11.0. The molecule has 0 unspecified atom stereocenters. The van der Waals surface area contributed by atoms with Crippen LogP contribution < -0.4 is 22.8 Å². The maximum atomic E-state index is 2.28. The lowest BCUT2D eigenvalue weighted by Crippen LogP contribution is -2.35. The Balaban J connectivity index is 0.000000133. The van der Waals surface area contributed by atoms with Gasteiger partial charge in [0.25, 0.3) is 0 Å². The lowest BCUT2D eigenvalue weighted by atomic mass is 9.98. The molecule has 0 spiro atoms. The van der Waals surface area contributed by atoms with E-state index >= 15 is 0 Å². The predicted octanol–water partition coefficient (Wildman–Crippen LogP) is 20.3. The van der Waals surface area contributed by atoms with Crippen molar-refractivity contribution in [2.24, 2.45) is 35.2 Å². The smallest absolute Gasteiger partial charge is 0.201 e. The second-order valence-corrected chi connectivity index (χ2v) is 25.7. The van der Waals surface area contributed by atoms with E-state index in [2.05, 4.69) is 430 Å². The fourth-order valence-electron chi connectivity index (χ4n) is 12.5. The third-order valence-electron chi connectivity index (χ3n) is 18.6. The molecule has 14 aromatic rings. The van der Waals surface area contributed by atoms with Crippen LogP contribution in [0.3, 0.4) is 0 Å². The topological polar surface area (TPSA) is 19.4 Å². The minimum atomic E-state index is 1.24. The van der Waals surface area contributed by atoms with Gasteiger partial charge in [-0.3, -0.25) is 0 Å². The van der Waals surface area contributed by atoms with Crippen molar-refractivity contribution in [3.63, 3.8) is 0 Å². The summed E-state index contributed by atoms with van der Waals surface area (Å²) in [5.74, 6) is 0. The maximum absolute atomic E-state index is 2.28. The third-order valence-corrected chi connectivity index (χ3v) is 18.6. The molecule has 0 saturated heterocycles. The number of aryl methyl sites for hydroxylation is 12. The highest BCUT2D eigenvalue weighted by Gasteiger charge is 2.20. The first-order valence-electron chi connectivity index (χ1n) is 33.9. The van der Waals surface area contributed by atoms with E-state index in [0.29, 0.717) is 0 Å². The van der Waals surface area contributed by atoms with Gasteiger partial charge in [-0.15, -0.1) is 0 Å². The van der Waals surface area contributed by atoms with Crippen LogP contribution in [-0.4, -0.2) is 0 Å². The van der Waals surface area contributed by atoms with E-state index in [1.807, 2.05) is 6.07 Å². The normalized spacial score (nSPS) is 10.6. The Labute approximate surface area is 583 Å². The van der Waals surface area contributed by atoms with Gasteiger partial charge in [0.1, 0.15) is 35.2 Å². The molecule has 0 aliphatic rings. The molecule has 0 bridgehead atoms. The second-order valence-electron chi connectivity index (χ2n) is 25.7. The first-order chi connectivity index (χ1) is 47.4. The SMILES string of the molecule is Cc1cc(-c2ccccc2C)[n+](C)cc1-c1ccccc1.Cc1ccc(-c2cc[n+](C)c(-c3ccccc3C)c2)cc1.Cc1ccccc1-c1cc(-c2ccccc2)cc[n+]1C.Cc1ccccc1-c1ccc(-c2ccccc2)c[n+]1C.Cc1ccccc1-c1ccc(C)c(C)[n+]1C. The Morgan fingerprint density at radius 2 is 0.520 bits per heavy atom. The average molecular weight is 1280 g/mol. The van der Waals surface area contributed by atoms with Gasteiger partial charge in [0.2, 0.25) is 28.5 Å². The van der Waals surface area contributed by atoms with Gasteiger partial charge in [-0.05, 0) is 165 Å². The molecule has 98 heavy (non-hydrogen) atoms. The quantitative estimate of drug-likeness (QED) is 0.128. The molecule has 0 radical (unpaired) electrons. The number of pyridine rings is 5. The molecular weight excluding hydrogens is 1190 g/mol. The van der Waals surface area contributed by atoms with Crippen molar-refractivity contribution in [3.8, 4) is 101 Å². The van der Waals surface area contributed by atoms with Crippen molar-refractivity contribution in [2.45, 2.75) is 62.3 Å². The lowest BCUT2D eigenvalue weighted by Gasteiger charge is -2.09. The fraction of sp³-hybridized carbons (Fsp3) is 0.151. The number of hydrogen-bond acceptors (Lipinski definition) is 0. The van der Waals surface area contributed by atoms with E-state index in [4.69, 9.17) is 0 Å². The first-order valence-corrected chi connectivity index (χ1v) is 33.9. The summed E-state index contributed by atoms with van der Waals surface area (Å²) in [4.78, 5) is 0. The lowest BCUT2D eigenvalue weighted by molar-refractivity contribution is -0.667. The summed E-state index contributed by atoms with van der Waals surface area (Å²) in [6.07, 6.45) is 8.69. The van der Waals surface area contributed by atoms with Gasteiger partial charge < -0.3 is 0 Å². The van der Waals surface area contributed by atoms with Crippen molar-refractivity contribution in [1.29, 1.82) is 0 Å². The Morgan fingerprint density at radius 3 is 0.939 bits per heavy atom. The molecule has 486 valence electrons. The standard InChI is InChI=1S/2C20H20N.2C19H18N.C15H18N/c1-15-9-7-8-12-18(15)20-13-16(2)19(14-21(20)3)17-10-5-4-6-11-17;1-15-8-10-17(11-9-15)18-12-13-21(3)20(14-18)19-7-5-4-6-16(19)2;1-15-8-6-7-11-18(15)19-14-17(12-13-20(19)2)16-9-4-3-5-10-16;1-15-8-6-7-11-18(15)19-13-12-17(14-20(19)2)16-9-4-3-5-10-16;1-11-9-10-15(16(4)13(11)3)14-8-6-5-7-12(14)2/h2*4-14H,1-3H3;2*3-14H,1-2H3;5-10H,1-4H3/q5*+1. The number of aromatic nitrogens is 5. The molecule has 5 heterocycles. The second kappa shape index (κ2) is 32.9. The zero-order valence-electron chi connectivity index (χ0n) is 59.8. The third kappa shape index (κ3) is 17.2. The minimum absolute atomic E-state index is 1.24. The van der Waals surface area contributed by atoms with Crippen LogP contribution in [0.1, 0.15) is 50.2 Å². The summed E-state index contributed by atoms with van der Waals surface area (Å²) in [6, 6.07) is 103. The molecule has 0 amide bonds. The Hall–Kier alpha value is -11.3. The number of hydrogen-bond donors (Lipinski definition) is 0. The largest absolute Gasteiger partial charge is 0.213 e. The number of nitrogens with zero attached hydrogens (tertiary/aromatic N) is 5. The molecule has 9 aromatic carbocycles.